The lowest BCUT2D eigenvalue weighted by molar-refractivity contribution is 0.129. The zero-order valence-corrected chi connectivity index (χ0v) is 12.5. The van der Waals surface area contributed by atoms with Crippen molar-refractivity contribution in [3.63, 3.8) is 0 Å². The number of ether oxygens (including phenoxy) is 2. The molecule has 0 bridgehead atoms. The second kappa shape index (κ2) is 8.21. The zero-order chi connectivity index (χ0) is 14.2. The number of methoxy groups -OCH3 is 1. The van der Waals surface area contributed by atoms with Gasteiger partial charge in [0, 0.05) is 29.2 Å². The number of benzene rings is 1. The smallest absolute Gasteiger partial charge is 0.122 e. The fraction of sp³-hybridized carbons (Fsp3) is 0.500. The van der Waals surface area contributed by atoms with Gasteiger partial charge in [0.05, 0.1) is 13.2 Å². The molecule has 1 aromatic rings. The molecule has 1 heterocycles. The Balaban J connectivity index is 1.96. The molecule has 4 heteroatoms. The third-order valence-electron chi connectivity index (χ3n) is 3.18. The highest BCUT2D eigenvalue weighted by molar-refractivity contribution is 7.98. The summed E-state index contributed by atoms with van der Waals surface area (Å²) in [4.78, 5) is 0. The molecule has 1 aromatic carbocycles. The van der Waals surface area contributed by atoms with E-state index in [2.05, 4.69) is 11.8 Å². The van der Waals surface area contributed by atoms with E-state index in [1.54, 1.807) is 7.11 Å². The Morgan fingerprint density at radius 3 is 3.10 bits per heavy atom. The Morgan fingerprint density at radius 1 is 1.50 bits per heavy atom. The predicted molar refractivity (Wildman–Crippen MR) is 82.1 cm³/mol. The van der Waals surface area contributed by atoms with Crippen molar-refractivity contribution in [2.45, 2.75) is 24.7 Å². The summed E-state index contributed by atoms with van der Waals surface area (Å²) in [6, 6.07) is 5.88. The van der Waals surface area contributed by atoms with Crippen molar-refractivity contribution < 1.29 is 14.6 Å². The summed E-state index contributed by atoms with van der Waals surface area (Å²) >= 11 is 1.86. The predicted octanol–water partition coefficient (Wildman–Crippen LogP) is 2.45. The fourth-order valence-corrected chi connectivity index (χ4v) is 3.28. The highest BCUT2D eigenvalue weighted by Gasteiger charge is 2.15. The standard InChI is InChI=1S/C16H20O3S/c1-18-16-7-6-13(4-2-8-17)10-14(16)11-20-12-15-5-3-9-19-15/h6-7,10,15,17H,3,5,8-9,11-12H2,1H3. The van der Waals surface area contributed by atoms with E-state index in [0.717, 1.165) is 35.0 Å². The van der Waals surface area contributed by atoms with Gasteiger partial charge in [-0.25, -0.2) is 0 Å². The summed E-state index contributed by atoms with van der Waals surface area (Å²) in [6.45, 7) is 0.788. The van der Waals surface area contributed by atoms with Crippen LogP contribution in [0.4, 0.5) is 0 Å². The Labute approximate surface area is 124 Å². The summed E-state index contributed by atoms with van der Waals surface area (Å²) < 4.78 is 11.0. The maximum Gasteiger partial charge on any atom is 0.122 e. The zero-order valence-electron chi connectivity index (χ0n) is 11.7. The minimum atomic E-state index is -0.116. The Hall–Kier alpha value is -1.15. The van der Waals surface area contributed by atoms with E-state index in [1.165, 1.54) is 12.8 Å². The summed E-state index contributed by atoms with van der Waals surface area (Å²) in [5, 5.41) is 8.74. The van der Waals surface area contributed by atoms with Crippen molar-refractivity contribution in [1.29, 1.82) is 0 Å². The molecule has 2 rings (SSSR count). The van der Waals surface area contributed by atoms with Crippen LogP contribution in [0.3, 0.4) is 0 Å². The van der Waals surface area contributed by atoms with Gasteiger partial charge < -0.3 is 14.6 Å². The third-order valence-corrected chi connectivity index (χ3v) is 4.30. The summed E-state index contributed by atoms with van der Waals surface area (Å²) in [6.07, 6.45) is 2.76. The molecule has 1 aliphatic rings. The maximum atomic E-state index is 8.74. The van der Waals surface area contributed by atoms with Crippen LogP contribution < -0.4 is 4.74 Å². The van der Waals surface area contributed by atoms with Gasteiger partial charge in [-0.1, -0.05) is 11.8 Å². The van der Waals surface area contributed by atoms with Gasteiger partial charge in [-0.05, 0) is 31.0 Å². The summed E-state index contributed by atoms with van der Waals surface area (Å²) in [7, 11) is 1.68. The van der Waals surface area contributed by atoms with E-state index in [4.69, 9.17) is 14.6 Å². The van der Waals surface area contributed by atoms with Crippen molar-refractivity contribution in [2.75, 3.05) is 26.1 Å². The van der Waals surface area contributed by atoms with Crippen LogP contribution in [0.1, 0.15) is 24.0 Å². The van der Waals surface area contributed by atoms with Crippen molar-refractivity contribution in [3.05, 3.63) is 29.3 Å². The van der Waals surface area contributed by atoms with Crippen LogP contribution in [0, 0.1) is 11.8 Å². The molecule has 0 aliphatic carbocycles. The number of aliphatic hydroxyl groups excluding tert-OH is 1. The van der Waals surface area contributed by atoms with E-state index < -0.39 is 0 Å². The van der Waals surface area contributed by atoms with Crippen molar-refractivity contribution in [2.24, 2.45) is 0 Å². The second-order valence-corrected chi connectivity index (χ2v) is 5.67. The molecule has 0 amide bonds. The molecule has 20 heavy (non-hydrogen) atoms. The lowest BCUT2D eigenvalue weighted by atomic mass is 10.1. The van der Waals surface area contributed by atoms with E-state index in [1.807, 2.05) is 30.0 Å². The first-order valence-corrected chi connectivity index (χ1v) is 7.95. The molecular weight excluding hydrogens is 272 g/mol. The number of thioether (sulfide) groups is 1. The number of hydrogen-bond donors (Lipinski definition) is 1. The Bertz CT molecular complexity index is 484. The largest absolute Gasteiger partial charge is 0.496 e. The molecule has 1 N–H and O–H groups in total. The number of rotatable bonds is 5. The molecule has 0 radical (unpaired) electrons. The maximum absolute atomic E-state index is 8.74. The Morgan fingerprint density at radius 2 is 2.40 bits per heavy atom. The minimum absolute atomic E-state index is 0.116. The van der Waals surface area contributed by atoms with Gasteiger partial charge in [0.2, 0.25) is 0 Å². The average molecular weight is 292 g/mol. The minimum Gasteiger partial charge on any atom is -0.496 e. The van der Waals surface area contributed by atoms with E-state index >= 15 is 0 Å². The summed E-state index contributed by atoms with van der Waals surface area (Å²) in [5.41, 5.74) is 2.05. The van der Waals surface area contributed by atoms with Gasteiger partial charge in [-0.2, -0.15) is 11.8 Å². The number of hydrogen-bond acceptors (Lipinski definition) is 4. The van der Waals surface area contributed by atoms with Gasteiger partial charge in [0.15, 0.2) is 0 Å². The molecule has 1 atom stereocenters. The molecule has 0 spiro atoms. The van der Waals surface area contributed by atoms with Gasteiger partial charge in [-0.3, -0.25) is 0 Å². The molecule has 108 valence electrons. The molecule has 1 fully saturated rings. The van der Waals surface area contributed by atoms with Gasteiger partial charge in [0.1, 0.15) is 12.4 Å². The van der Waals surface area contributed by atoms with Crippen LogP contribution in [-0.4, -0.2) is 37.3 Å². The first kappa shape index (κ1) is 15.2. The van der Waals surface area contributed by atoms with Crippen LogP contribution in [0.5, 0.6) is 5.75 Å². The molecule has 3 nitrogen and oxygen atoms in total. The van der Waals surface area contributed by atoms with Crippen LogP contribution >= 0.6 is 11.8 Å². The normalized spacial score (nSPS) is 17.6. The van der Waals surface area contributed by atoms with E-state index in [0.29, 0.717) is 6.10 Å². The van der Waals surface area contributed by atoms with Gasteiger partial charge in [0.25, 0.3) is 0 Å². The monoisotopic (exact) mass is 292 g/mol. The van der Waals surface area contributed by atoms with Crippen LogP contribution in [0.2, 0.25) is 0 Å². The SMILES string of the molecule is COc1ccc(C#CCO)cc1CSCC1CCCO1. The van der Waals surface area contributed by atoms with Gasteiger partial charge in [-0.15, -0.1) is 0 Å². The number of aliphatic hydroxyl groups is 1. The summed E-state index contributed by atoms with van der Waals surface area (Å²) in [5.74, 6) is 8.39. The van der Waals surface area contributed by atoms with Crippen molar-refractivity contribution >= 4 is 11.8 Å². The van der Waals surface area contributed by atoms with Crippen LogP contribution in [0.15, 0.2) is 18.2 Å². The molecule has 1 saturated heterocycles. The molecule has 1 unspecified atom stereocenters. The van der Waals surface area contributed by atoms with Crippen molar-refractivity contribution in [3.8, 4) is 17.6 Å². The second-order valence-electron chi connectivity index (χ2n) is 4.64. The van der Waals surface area contributed by atoms with Gasteiger partial charge >= 0.3 is 0 Å². The lowest BCUT2D eigenvalue weighted by Crippen LogP contribution is -2.08. The van der Waals surface area contributed by atoms with E-state index in [-0.39, 0.29) is 6.61 Å². The highest BCUT2D eigenvalue weighted by atomic mass is 32.2. The molecular formula is C16H20O3S. The topological polar surface area (TPSA) is 38.7 Å². The Kier molecular flexibility index (Phi) is 6.25. The van der Waals surface area contributed by atoms with Crippen LogP contribution in [0.25, 0.3) is 0 Å². The lowest BCUT2D eigenvalue weighted by Gasteiger charge is -2.11. The molecule has 0 saturated carbocycles. The molecule has 0 aromatic heterocycles. The first-order chi connectivity index (χ1) is 9.83. The van der Waals surface area contributed by atoms with Crippen molar-refractivity contribution in [1.82, 2.24) is 0 Å². The highest BCUT2D eigenvalue weighted by Crippen LogP contribution is 2.26. The fourth-order valence-electron chi connectivity index (χ4n) is 2.19. The quantitative estimate of drug-likeness (QED) is 0.846. The van der Waals surface area contributed by atoms with Crippen LogP contribution in [-0.2, 0) is 10.5 Å². The molecule has 1 aliphatic heterocycles. The van der Waals surface area contributed by atoms with E-state index in [9.17, 15) is 0 Å². The average Bonchev–Trinajstić information content (AvgIpc) is 2.98. The third kappa shape index (κ3) is 4.45. The first-order valence-electron chi connectivity index (χ1n) is 6.79.